The number of fused-ring (bicyclic) bond motifs is 1. The number of β-amino-alcohol motifs (C(OH)–C–C–N with tert-alkyl or cyclic N) is 1. The van der Waals surface area contributed by atoms with Crippen LogP contribution in [0.1, 0.15) is 12.0 Å². The Kier molecular flexibility index (Phi) is 2.16. The molecule has 0 radical (unpaired) electrons. The van der Waals surface area contributed by atoms with E-state index >= 15 is 0 Å². The maximum atomic E-state index is 10.6. The second-order valence-corrected chi connectivity index (χ2v) is 4.37. The molecule has 1 aliphatic rings. The maximum absolute atomic E-state index is 10.6. The Hall–Kier alpha value is -1.45. The highest BCUT2D eigenvalue weighted by atomic mass is 16.3. The first-order valence-electron chi connectivity index (χ1n) is 5.56. The van der Waals surface area contributed by atoms with Gasteiger partial charge in [-0.1, -0.05) is 24.3 Å². The summed E-state index contributed by atoms with van der Waals surface area (Å²) >= 11 is 0. The molecule has 1 unspecified atom stereocenters. The molecular weight excluding hydrogens is 200 g/mol. The van der Waals surface area contributed by atoms with Crippen molar-refractivity contribution in [3.8, 4) is 0 Å². The minimum atomic E-state index is -0.756. The quantitative estimate of drug-likeness (QED) is 0.754. The van der Waals surface area contributed by atoms with Gasteiger partial charge in [0.25, 0.3) is 0 Å². The molecule has 1 aliphatic heterocycles. The highest BCUT2D eigenvalue weighted by Gasteiger charge is 2.34. The van der Waals surface area contributed by atoms with Crippen molar-refractivity contribution in [2.75, 3.05) is 13.1 Å². The Morgan fingerprint density at radius 2 is 2.12 bits per heavy atom. The zero-order chi connectivity index (χ0) is 11.0. The molecule has 1 aromatic carbocycles. The molecule has 0 bridgehead atoms. The number of hydrogen-bond acceptors (Lipinski definition) is 3. The Labute approximate surface area is 94.1 Å². The predicted molar refractivity (Wildman–Crippen MR) is 63.1 cm³/mol. The summed E-state index contributed by atoms with van der Waals surface area (Å²) in [5.41, 5.74) is 0.184. The molecule has 1 atom stereocenters. The maximum Gasteiger partial charge on any atom is 0.105 e. The highest BCUT2D eigenvalue weighted by Crippen LogP contribution is 2.32. The van der Waals surface area contributed by atoms with Gasteiger partial charge in [-0.15, -0.1) is 0 Å². The van der Waals surface area contributed by atoms with E-state index in [2.05, 4.69) is 10.3 Å². The lowest BCUT2D eigenvalue weighted by Crippen LogP contribution is -2.28. The largest absolute Gasteiger partial charge is 0.384 e. The average Bonchev–Trinajstić information content (AvgIpc) is 2.77. The number of hydrogen-bond donors (Lipinski definition) is 2. The number of benzene rings is 1. The molecule has 3 nitrogen and oxygen atoms in total. The Morgan fingerprint density at radius 3 is 2.94 bits per heavy atom. The molecule has 1 aromatic heterocycles. The Balaban J connectivity index is 2.23. The lowest BCUT2D eigenvalue weighted by atomic mass is 9.90. The van der Waals surface area contributed by atoms with Crippen LogP contribution in [0.25, 0.3) is 10.8 Å². The minimum absolute atomic E-state index is 0.614. The van der Waals surface area contributed by atoms with Gasteiger partial charge in [0.1, 0.15) is 5.60 Å². The van der Waals surface area contributed by atoms with Gasteiger partial charge in [-0.3, -0.25) is 4.98 Å². The summed E-state index contributed by atoms with van der Waals surface area (Å²) in [6.07, 6.45) is 4.38. The molecule has 1 saturated heterocycles. The van der Waals surface area contributed by atoms with Gasteiger partial charge in [0.2, 0.25) is 0 Å². The SMILES string of the molecule is OC1(c2cncc3ccccc23)CCNC1. The number of pyridine rings is 1. The van der Waals surface area contributed by atoms with E-state index in [1.165, 1.54) is 0 Å². The van der Waals surface area contributed by atoms with E-state index in [9.17, 15) is 5.11 Å². The molecule has 3 heteroatoms. The molecule has 1 fully saturated rings. The van der Waals surface area contributed by atoms with Gasteiger partial charge in [-0.2, -0.15) is 0 Å². The molecule has 2 N–H and O–H groups in total. The summed E-state index contributed by atoms with van der Waals surface area (Å²) in [4.78, 5) is 4.21. The van der Waals surface area contributed by atoms with Crippen molar-refractivity contribution < 1.29 is 5.11 Å². The lowest BCUT2D eigenvalue weighted by molar-refractivity contribution is 0.0600. The van der Waals surface area contributed by atoms with E-state index in [-0.39, 0.29) is 0 Å². The average molecular weight is 214 g/mol. The van der Waals surface area contributed by atoms with E-state index in [0.717, 1.165) is 29.3 Å². The van der Waals surface area contributed by atoms with Gasteiger partial charge >= 0.3 is 0 Å². The van der Waals surface area contributed by atoms with Crippen LogP contribution in [0.15, 0.2) is 36.7 Å². The standard InChI is InChI=1S/C13H14N2O/c16-13(5-6-14-9-13)12-8-15-7-10-3-1-2-4-11(10)12/h1-4,7-8,14,16H,5-6,9H2. The third kappa shape index (κ3) is 1.40. The molecule has 0 saturated carbocycles. The predicted octanol–water partition coefficient (Wildman–Crippen LogP) is 1.42. The normalized spacial score (nSPS) is 25.1. The zero-order valence-corrected chi connectivity index (χ0v) is 8.98. The van der Waals surface area contributed by atoms with E-state index in [1.807, 2.05) is 30.5 Å². The van der Waals surface area contributed by atoms with Crippen LogP contribution >= 0.6 is 0 Å². The fourth-order valence-electron chi connectivity index (χ4n) is 2.40. The van der Waals surface area contributed by atoms with E-state index in [4.69, 9.17) is 0 Å². The lowest BCUT2D eigenvalue weighted by Gasteiger charge is -2.23. The number of aromatic nitrogens is 1. The summed E-state index contributed by atoms with van der Waals surface area (Å²) in [5.74, 6) is 0. The van der Waals surface area contributed by atoms with Crippen molar-refractivity contribution in [1.82, 2.24) is 10.3 Å². The van der Waals surface area contributed by atoms with Crippen molar-refractivity contribution in [2.45, 2.75) is 12.0 Å². The molecule has 16 heavy (non-hydrogen) atoms. The van der Waals surface area contributed by atoms with Gasteiger partial charge < -0.3 is 10.4 Å². The number of rotatable bonds is 1. The van der Waals surface area contributed by atoms with Crippen LogP contribution < -0.4 is 5.32 Å². The van der Waals surface area contributed by atoms with E-state index in [1.54, 1.807) is 6.20 Å². The van der Waals surface area contributed by atoms with Crippen LogP contribution in [0, 0.1) is 0 Å². The number of aliphatic hydroxyl groups is 1. The molecule has 0 spiro atoms. The van der Waals surface area contributed by atoms with Gasteiger partial charge in [0, 0.05) is 29.9 Å². The van der Waals surface area contributed by atoms with Crippen LogP contribution in [0.4, 0.5) is 0 Å². The monoisotopic (exact) mass is 214 g/mol. The Morgan fingerprint density at radius 1 is 1.25 bits per heavy atom. The molecule has 0 aliphatic carbocycles. The number of nitrogens with zero attached hydrogens (tertiary/aromatic N) is 1. The van der Waals surface area contributed by atoms with Crippen molar-refractivity contribution in [1.29, 1.82) is 0 Å². The fourth-order valence-corrected chi connectivity index (χ4v) is 2.40. The van der Waals surface area contributed by atoms with Gasteiger partial charge in [0.05, 0.1) is 0 Å². The molecule has 82 valence electrons. The zero-order valence-electron chi connectivity index (χ0n) is 8.98. The van der Waals surface area contributed by atoms with Crippen LogP contribution in [-0.4, -0.2) is 23.2 Å². The van der Waals surface area contributed by atoms with Crippen LogP contribution in [-0.2, 0) is 5.60 Å². The van der Waals surface area contributed by atoms with Crippen molar-refractivity contribution in [3.05, 3.63) is 42.2 Å². The summed E-state index contributed by atoms with van der Waals surface area (Å²) < 4.78 is 0. The molecule has 2 heterocycles. The second kappa shape index (κ2) is 3.54. The van der Waals surface area contributed by atoms with Gasteiger partial charge in [-0.25, -0.2) is 0 Å². The molecule has 2 aromatic rings. The first-order valence-corrected chi connectivity index (χ1v) is 5.56. The van der Waals surface area contributed by atoms with E-state index in [0.29, 0.717) is 6.54 Å². The molecule has 0 amide bonds. The Bertz CT molecular complexity index is 513. The first-order chi connectivity index (χ1) is 7.80. The molecular formula is C13H14N2O. The van der Waals surface area contributed by atoms with Gasteiger partial charge in [-0.05, 0) is 18.4 Å². The summed E-state index contributed by atoms with van der Waals surface area (Å²) in [6.45, 7) is 1.47. The molecule has 3 rings (SSSR count). The second-order valence-electron chi connectivity index (χ2n) is 4.37. The number of nitrogens with one attached hydrogen (secondary N) is 1. The topological polar surface area (TPSA) is 45.2 Å². The van der Waals surface area contributed by atoms with Gasteiger partial charge in [0.15, 0.2) is 0 Å². The highest BCUT2D eigenvalue weighted by molar-refractivity contribution is 5.85. The first kappa shape index (κ1) is 9.75. The fraction of sp³-hybridized carbons (Fsp3) is 0.308. The van der Waals surface area contributed by atoms with Crippen molar-refractivity contribution >= 4 is 10.8 Å². The van der Waals surface area contributed by atoms with Crippen molar-refractivity contribution in [3.63, 3.8) is 0 Å². The minimum Gasteiger partial charge on any atom is -0.384 e. The summed E-state index contributed by atoms with van der Waals surface area (Å²) in [6, 6.07) is 8.06. The van der Waals surface area contributed by atoms with Crippen LogP contribution in [0.3, 0.4) is 0 Å². The summed E-state index contributed by atoms with van der Waals surface area (Å²) in [5, 5.41) is 15.9. The van der Waals surface area contributed by atoms with Crippen LogP contribution in [0.2, 0.25) is 0 Å². The smallest absolute Gasteiger partial charge is 0.105 e. The van der Waals surface area contributed by atoms with Crippen LogP contribution in [0.5, 0.6) is 0 Å². The summed E-state index contributed by atoms with van der Waals surface area (Å²) in [7, 11) is 0. The third-order valence-corrected chi connectivity index (χ3v) is 3.30. The third-order valence-electron chi connectivity index (χ3n) is 3.30. The van der Waals surface area contributed by atoms with Crippen molar-refractivity contribution in [2.24, 2.45) is 0 Å². The van der Waals surface area contributed by atoms with E-state index < -0.39 is 5.60 Å².